The summed E-state index contributed by atoms with van der Waals surface area (Å²) in [5.74, 6) is 0.657. The Morgan fingerprint density at radius 1 is 1.18 bits per heavy atom. The predicted molar refractivity (Wildman–Crippen MR) is 69.0 cm³/mol. The maximum atomic E-state index is 11.0. The van der Waals surface area contributed by atoms with E-state index in [-0.39, 0.29) is 5.97 Å². The van der Waals surface area contributed by atoms with Crippen LogP contribution in [0, 0.1) is 5.92 Å². The molecule has 1 fully saturated rings. The summed E-state index contributed by atoms with van der Waals surface area (Å²) in [6.45, 7) is 11.3. The monoisotopic (exact) mass is 242 g/mol. The SMILES string of the molecule is COC(=O)CCCN1CCN(CC(C)C)CC1. The molecule has 1 aliphatic rings. The summed E-state index contributed by atoms with van der Waals surface area (Å²) in [6, 6.07) is 0. The number of carbonyl (C=O) groups is 1. The number of ether oxygens (including phenoxy) is 1. The lowest BCUT2D eigenvalue weighted by atomic mass is 10.2. The van der Waals surface area contributed by atoms with E-state index in [1.54, 1.807) is 0 Å². The third kappa shape index (κ3) is 6.03. The highest BCUT2D eigenvalue weighted by Crippen LogP contribution is 2.06. The standard InChI is InChI=1S/C13H26N2O2/c1-12(2)11-15-9-7-14(8-10-15)6-4-5-13(16)17-3/h12H,4-11H2,1-3H3. The highest BCUT2D eigenvalue weighted by Gasteiger charge is 2.17. The molecule has 0 aromatic rings. The lowest BCUT2D eigenvalue weighted by molar-refractivity contribution is -0.140. The van der Waals surface area contributed by atoms with Gasteiger partial charge in [-0.2, -0.15) is 0 Å². The topological polar surface area (TPSA) is 32.8 Å². The van der Waals surface area contributed by atoms with Crippen molar-refractivity contribution in [3.63, 3.8) is 0 Å². The number of carbonyl (C=O) groups excluding carboxylic acids is 1. The molecule has 0 amide bonds. The van der Waals surface area contributed by atoms with Crippen molar-refractivity contribution in [2.45, 2.75) is 26.7 Å². The fourth-order valence-electron chi connectivity index (χ4n) is 2.26. The minimum absolute atomic E-state index is 0.0940. The van der Waals surface area contributed by atoms with Crippen LogP contribution in [-0.2, 0) is 9.53 Å². The molecule has 0 aromatic carbocycles. The molecule has 1 aliphatic heterocycles. The Kier molecular flexibility index (Phi) is 6.52. The molecule has 0 aliphatic carbocycles. The van der Waals surface area contributed by atoms with Gasteiger partial charge in [0.15, 0.2) is 0 Å². The summed E-state index contributed by atoms with van der Waals surface area (Å²) in [6.07, 6.45) is 1.46. The zero-order valence-electron chi connectivity index (χ0n) is 11.4. The molecule has 1 rings (SSSR count). The van der Waals surface area contributed by atoms with Gasteiger partial charge in [-0.1, -0.05) is 13.8 Å². The van der Waals surface area contributed by atoms with Crippen molar-refractivity contribution in [2.24, 2.45) is 5.92 Å². The van der Waals surface area contributed by atoms with E-state index in [1.165, 1.54) is 13.7 Å². The van der Waals surface area contributed by atoms with Gasteiger partial charge < -0.3 is 14.5 Å². The molecule has 17 heavy (non-hydrogen) atoms. The first kappa shape index (κ1) is 14.5. The zero-order chi connectivity index (χ0) is 12.7. The van der Waals surface area contributed by atoms with Crippen molar-refractivity contribution in [1.29, 1.82) is 0 Å². The van der Waals surface area contributed by atoms with E-state index >= 15 is 0 Å². The van der Waals surface area contributed by atoms with Crippen LogP contribution in [0.3, 0.4) is 0 Å². The number of methoxy groups -OCH3 is 1. The molecule has 0 saturated carbocycles. The van der Waals surface area contributed by atoms with Gasteiger partial charge in [0.05, 0.1) is 7.11 Å². The van der Waals surface area contributed by atoms with Crippen LogP contribution in [0.4, 0.5) is 0 Å². The normalized spacial score (nSPS) is 18.6. The molecule has 4 nitrogen and oxygen atoms in total. The molecular weight excluding hydrogens is 216 g/mol. The molecule has 0 radical (unpaired) electrons. The first-order valence-electron chi connectivity index (χ1n) is 6.63. The lowest BCUT2D eigenvalue weighted by Gasteiger charge is -2.35. The molecule has 0 atom stereocenters. The number of hydrogen-bond acceptors (Lipinski definition) is 4. The van der Waals surface area contributed by atoms with Crippen molar-refractivity contribution in [1.82, 2.24) is 9.80 Å². The quantitative estimate of drug-likeness (QED) is 0.656. The van der Waals surface area contributed by atoms with Gasteiger partial charge in [-0.25, -0.2) is 0 Å². The minimum atomic E-state index is -0.0940. The molecule has 0 N–H and O–H groups in total. The average Bonchev–Trinajstić information content (AvgIpc) is 2.30. The molecule has 4 heteroatoms. The summed E-state index contributed by atoms with van der Waals surface area (Å²) < 4.78 is 4.63. The van der Waals surface area contributed by atoms with Gasteiger partial charge in [0.2, 0.25) is 0 Å². The summed E-state index contributed by atoms with van der Waals surface area (Å²) in [4.78, 5) is 16.0. The predicted octanol–water partition coefficient (Wildman–Crippen LogP) is 1.21. The van der Waals surface area contributed by atoms with Gasteiger partial charge >= 0.3 is 5.97 Å². The lowest BCUT2D eigenvalue weighted by Crippen LogP contribution is -2.47. The highest BCUT2D eigenvalue weighted by molar-refractivity contribution is 5.69. The summed E-state index contributed by atoms with van der Waals surface area (Å²) in [5, 5.41) is 0. The Labute approximate surface area is 105 Å². The van der Waals surface area contributed by atoms with Crippen LogP contribution < -0.4 is 0 Å². The van der Waals surface area contributed by atoms with Gasteiger partial charge in [-0.05, 0) is 18.9 Å². The van der Waals surface area contributed by atoms with E-state index in [9.17, 15) is 4.79 Å². The summed E-state index contributed by atoms with van der Waals surface area (Å²) in [5.41, 5.74) is 0. The molecule has 0 aromatic heterocycles. The van der Waals surface area contributed by atoms with Gasteiger partial charge in [0.1, 0.15) is 0 Å². The van der Waals surface area contributed by atoms with Crippen LogP contribution in [0.2, 0.25) is 0 Å². The van der Waals surface area contributed by atoms with Crippen LogP contribution in [0.15, 0.2) is 0 Å². The number of nitrogens with zero attached hydrogens (tertiary/aromatic N) is 2. The number of hydrogen-bond donors (Lipinski definition) is 0. The molecular formula is C13H26N2O2. The smallest absolute Gasteiger partial charge is 0.305 e. The van der Waals surface area contributed by atoms with Gasteiger partial charge in [0.25, 0.3) is 0 Å². The molecule has 1 saturated heterocycles. The van der Waals surface area contributed by atoms with Gasteiger partial charge in [0, 0.05) is 39.1 Å². The summed E-state index contributed by atoms with van der Waals surface area (Å²) >= 11 is 0. The van der Waals surface area contributed by atoms with Crippen molar-refractivity contribution >= 4 is 5.97 Å². The first-order valence-corrected chi connectivity index (χ1v) is 6.63. The van der Waals surface area contributed by atoms with Gasteiger partial charge in [-0.3, -0.25) is 4.79 Å². The van der Waals surface area contributed by atoms with Crippen molar-refractivity contribution in [3.8, 4) is 0 Å². The molecule has 0 bridgehead atoms. The Hall–Kier alpha value is -0.610. The van der Waals surface area contributed by atoms with E-state index < -0.39 is 0 Å². The second kappa shape index (κ2) is 7.67. The van der Waals surface area contributed by atoms with Gasteiger partial charge in [-0.15, -0.1) is 0 Å². The Morgan fingerprint density at radius 3 is 2.29 bits per heavy atom. The van der Waals surface area contributed by atoms with Crippen molar-refractivity contribution in [3.05, 3.63) is 0 Å². The highest BCUT2D eigenvalue weighted by atomic mass is 16.5. The van der Waals surface area contributed by atoms with Crippen LogP contribution in [-0.4, -0.2) is 62.1 Å². The first-order chi connectivity index (χ1) is 8.11. The van der Waals surface area contributed by atoms with E-state index in [4.69, 9.17) is 0 Å². The molecule has 100 valence electrons. The summed E-state index contributed by atoms with van der Waals surface area (Å²) in [7, 11) is 1.45. The fraction of sp³-hybridized carbons (Fsp3) is 0.923. The third-order valence-electron chi connectivity index (χ3n) is 3.17. The fourth-order valence-corrected chi connectivity index (χ4v) is 2.26. The number of esters is 1. The Morgan fingerprint density at radius 2 is 1.76 bits per heavy atom. The Balaban J connectivity index is 2.08. The van der Waals surface area contributed by atoms with Crippen LogP contribution >= 0.6 is 0 Å². The zero-order valence-corrected chi connectivity index (χ0v) is 11.4. The maximum Gasteiger partial charge on any atom is 0.305 e. The molecule has 0 unspecified atom stereocenters. The maximum absolute atomic E-state index is 11.0. The second-order valence-electron chi connectivity index (χ2n) is 5.22. The largest absolute Gasteiger partial charge is 0.469 e. The van der Waals surface area contributed by atoms with Crippen LogP contribution in [0.25, 0.3) is 0 Å². The van der Waals surface area contributed by atoms with Crippen LogP contribution in [0.1, 0.15) is 26.7 Å². The number of piperazine rings is 1. The van der Waals surface area contributed by atoms with Crippen molar-refractivity contribution in [2.75, 3.05) is 46.4 Å². The van der Waals surface area contributed by atoms with E-state index in [1.807, 2.05) is 0 Å². The number of rotatable bonds is 6. The van der Waals surface area contributed by atoms with Crippen LogP contribution in [0.5, 0.6) is 0 Å². The molecule has 1 heterocycles. The average molecular weight is 242 g/mol. The van der Waals surface area contributed by atoms with E-state index in [0.717, 1.165) is 45.1 Å². The second-order valence-corrected chi connectivity index (χ2v) is 5.22. The third-order valence-corrected chi connectivity index (χ3v) is 3.17. The van der Waals surface area contributed by atoms with Crippen molar-refractivity contribution < 1.29 is 9.53 Å². The minimum Gasteiger partial charge on any atom is -0.469 e. The van der Waals surface area contributed by atoms with E-state index in [2.05, 4.69) is 28.4 Å². The van der Waals surface area contributed by atoms with E-state index in [0.29, 0.717) is 6.42 Å². The molecule has 0 spiro atoms. The Bertz CT molecular complexity index is 223.